The van der Waals surface area contributed by atoms with Crippen molar-refractivity contribution < 1.29 is 0 Å². The third-order valence-electron chi connectivity index (χ3n) is 3.94. The van der Waals surface area contributed by atoms with Gasteiger partial charge < -0.3 is 5.32 Å². The highest BCUT2D eigenvalue weighted by molar-refractivity contribution is 4.97. The summed E-state index contributed by atoms with van der Waals surface area (Å²) in [5, 5.41) is 12.7. The van der Waals surface area contributed by atoms with Gasteiger partial charge in [-0.2, -0.15) is 5.26 Å². The average molecular weight is 206 g/mol. The van der Waals surface area contributed by atoms with Crippen LogP contribution in [0.2, 0.25) is 0 Å². The molecule has 0 aromatic carbocycles. The molecule has 0 aliphatic heterocycles. The van der Waals surface area contributed by atoms with Crippen molar-refractivity contribution in [3.8, 4) is 6.07 Å². The summed E-state index contributed by atoms with van der Waals surface area (Å²) in [5.74, 6) is 1.27. The number of nitriles is 1. The SMILES string of the molecule is CCC(CC1CC1)NC1CCCC1C#N. The lowest BCUT2D eigenvalue weighted by Gasteiger charge is -2.23. The molecule has 2 rings (SSSR count). The van der Waals surface area contributed by atoms with E-state index in [0.29, 0.717) is 12.1 Å². The van der Waals surface area contributed by atoms with E-state index in [2.05, 4.69) is 18.3 Å². The number of hydrogen-bond donors (Lipinski definition) is 1. The molecule has 2 saturated carbocycles. The first kappa shape index (κ1) is 11.0. The van der Waals surface area contributed by atoms with Crippen LogP contribution < -0.4 is 5.32 Å². The summed E-state index contributed by atoms with van der Waals surface area (Å²) in [6.07, 6.45) is 8.97. The summed E-state index contributed by atoms with van der Waals surface area (Å²) >= 11 is 0. The monoisotopic (exact) mass is 206 g/mol. The van der Waals surface area contributed by atoms with E-state index < -0.39 is 0 Å². The van der Waals surface area contributed by atoms with E-state index in [1.165, 1.54) is 38.5 Å². The van der Waals surface area contributed by atoms with Crippen LogP contribution in [0.1, 0.15) is 51.9 Å². The first-order valence-electron chi connectivity index (χ1n) is 6.49. The fraction of sp³-hybridized carbons (Fsp3) is 0.923. The van der Waals surface area contributed by atoms with Gasteiger partial charge in [-0.25, -0.2) is 0 Å². The maximum atomic E-state index is 9.03. The Labute approximate surface area is 93.0 Å². The zero-order chi connectivity index (χ0) is 10.7. The molecule has 1 N–H and O–H groups in total. The Morgan fingerprint density at radius 2 is 2.13 bits per heavy atom. The topological polar surface area (TPSA) is 35.8 Å². The lowest BCUT2D eigenvalue weighted by molar-refractivity contribution is 0.361. The molecule has 3 atom stereocenters. The van der Waals surface area contributed by atoms with E-state index in [1.54, 1.807) is 0 Å². The summed E-state index contributed by atoms with van der Waals surface area (Å²) in [4.78, 5) is 0. The smallest absolute Gasteiger partial charge is 0.0672 e. The molecule has 0 saturated heterocycles. The van der Waals surface area contributed by atoms with Gasteiger partial charge in [-0.15, -0.1) is 0 Å². The van der Waals surface area contributed by atoms with Crippen molar-refractivity contribution in [1.29, 1.82) is 5.26 Å². The van der Waals surface area contributed by atoms with E-state index in [1.807, 2.05) is 0 Å². The summed E-state index contributed by atoms with van der Waals surface area (Å²) < 4.78 is 0. The number of nitrogens with zero attached hydrogens (tertiary/aromatic N) is 1. The molecule has 2 aliphatic rings. The van der Waals surface area contributed by atoms with Gasteiger partial charge in [-0.1, -0.05) is 26.2 Å². The van der Waals surface area contributed by atoms with Crippen LogP contribution in [0.25, 0.3) is 0 Å². The van der Waals surface area contributed by atoms with Gasteiger partial charge in [-0.05, 0) is 31.6 Å². The third kappa shape index (κ3) is 2.95. The molecule has 0 radical (unpaired) electrons. The minimum absolute atomic E-state index is 0.276. The second-order valence-corrected chi connectivity index (χ2v) is 5.22. The van der Waals surface area contributed by atoms with E-state index in [-0.39, 0.29) is 5.92 Å². The molecule has 2 nitrogen and oxygen atoms in total. The van der Waals surface area contributed by atoms with Crippen LogP contribution in [-0.2, 0) is 0 Å². The van der Waals surface area contributed by atoms with E-state index in [9.17, 15) is 0 Å². The molecule has 2 fully saturated rings. The molecule has 0 aromatic rings. The van der Waals surface area contributed by atoms with Gasteiger partial charge in [-0.3, -0.25) is 0 Å². The molecule has 0 spiro atoms. The van der Waals surface area contributed by atoms with Crippen LogP contribution in [0.5, 0.6) is 0 Å². The normalized spacial score (nSPS) is 32.5. The molecular weight excluding hydrogens is 184 g/mol. The second kappa shape index (κ2) is 4.99. The zero-order valence-electron chi connectivity index (χ0n) is 9.71. The minimum atomic E-state index is 0.276. The highest BCUT2D eigenvalue weighted by Gasteiger charge is 2.30. The summed E-state index contributed by atoms with van der Waals surface area (Å²) in [6, 6.07) is 3.60. The van der Waals surface area contributed by atoms with Crippen LogP contribution in [0.4, 0.5) is 0 Å². The van der Waals surface area contributed by atoms with E-state index in [4.69, 9.17) is 5.26 Å². The van der Waals surface area contributed by atoms with Crippen molar-refractivity contribution in [2.75, 3.05) is 0 Å². The third-order valence-corrected chi connectivity index (χ3v) is 3.94. The maximum absolute atomic E-state index is 9.03. The lowest BCUT2D eigenvalue weighted by Crippen LogP contribution is -2.40. The molecule has 2 heteroatoms. The quantitative estimate of drug-likeness (QED) is 0.750. The number of hydrogen-bond acceptors (Lipinski definition) is 2. The average Bonchev–Trinajstić information content (AvgIpc) is 2.95. The van der Waals surface area contributed by atoms with Gasteiger partial charge in [0.15, 0.2) is 0 Å². The Bertz CT molecular complexity index is 239. The van der Waals surface area contributed by atoms with Gasteiger partial charge in [0.2, 0.25) is 0 Å². The predicted molar refractivity (Wildman–Crippen MR) is 61.3 cm³/mol. The highest BCUT2D eigenvalue weighted by Crippen LogP contribution is 2.35. The van der Waals surface area contributed by atoms with Crippen molar-refractivity contribution >= 4 is 0 Å². The van der Waals surface area contributed by atoms with Gasteiger partial charge >= 0.3 is 0 Å². The van der Waals surface area contributed by atoms with Crippen molar-refractivity contribution in [3.63, 3.8) is 0 Å². The molecule has 0 heterocycles. The van der Waals surface area contributed by atoms with Gasteiger partial charge in [0.25, 0.3) is 0 Å². The second-order valence-electron chi connectivity index (χ2n) is 5.22. The molecule has 3 unspecified atom stereocenters. The van der Waals surface area contributed by atoms with Gasteiger partial charge in [0.05, 0.1) is 12.0 Å². The standard InChI is InChI=1S/C13H22N2/c1-2-12(8-10-6-7-10)15-13-5-3-4-11(13)9-14/h10-13,15H,2-8H2,1H3. The summed E-state index contributed by atoms with van der Waals surface area (Å²) in [7, 11) is 0. The molecule has 0 aromatic heterocycles. The Balaban J connectivity index is 1.79. The lowest BCUT2D eigenvalue weighted by atomic mass is 10.0. The zero-order valence-corrected chi connectivity index (χ0v) is 9.71. The van der Waals surface area contributed by atoms with Crippen LogP contribution in [0.15, 0.2) is 0 Å². The van der Waals surface area contributed by atoms with Crippen LogP contribution in [-0.4, -0.2) is 12.1 Å². The van der Waals surface area contributed by atoms with Crippen LogP contribution in [0.3, 0.4) is 0 Å². The van der Waals surface area contributed by atoms with Gasteiger partial charge in [0.1, 0.15) is 0 Å². The number of nitrogens with one attached hydrogen (secondary N) is 1. The summed E-state index contributed by atoms with van der Waals surface area (Å²) in [6.45, 7) is 2.26. The molecule has 0 amide bonds. The van der Waals surface area contributed by atoms with E-state index in [0.717, 1.165) is 12.3 Å². The van der Waals surface area contributed by atoms with Gasteiger partial charge in [0, 0.05) is 12.1 Å². The molecule has 15 heavy (non-hydrogen) atoms. The van der Waals surface area contributed by atoms with Crippen molar-refractivity contribution in [2.24, 2.45) is 11.8 Å². The minimum Gasteiger partial charge on any atom is -0.310 e. The Kier molecular flexibility index (Phi) is 3.64. The first-order valence-corrected chi connectivity index (χ1v) is 6.49. The predicted octanol–water partition coefficient (Wildman–Crippen LogP) is 2.85. The fourth-order valence-electron chi connectivity index (χ4n) is 2.73. The maximum Gasteiger partial charge on any atom is 0.0672 e. The highest BCUT2D eigenvalue weighted by atomic mass is 15.0. The Morgan fingerprint density at radius 1 is 1.33 bits per heavy atom. The summed E-state index contributed by atoms with van der Waals surface area (Å²) in [5.41, 5.74) is 0. The van der Waals surface area contributed by atoms with Crippen molar-refractivity contribution in [1.82, 2.24) is 5.32 Å². The Hall–Kier alpha value is -0.550. The fourth-order valence-corrected chi connectivity index (χ4v) is 2.73. The molecule has 2 aliphatic carbocycles. The van der Waals surface area contributed by atoms with Crippen molar-refractivity contribution in [2.45, 2.75) is 64.0 Å². The largest absolute Gasteiger partial charge is 0.310 e. The molecule has 0 bridgehead atoms. The van der Waals surface area contributed by atoms with Crippen molar-refractivity contribution in [3.05, 3.63) is 0 Å². The number of rotatable bonds is 5. The van der Waals surface area contributed by atoms with Crippen LogP contribution >= 0.6 is 0 Å². The van der Waals surface area contributed by atoms with E-state index >= 15 is 0 Å². The Morgan fingerprint density at radius 3 is 2.73 bits per heavy atom. The molecular formula is C13H22N2. The van der Waals surface area contributed by atoms with Crippen LogP contribution in [0, 0.1) is 23.2 Å². The molecule has 84 valence electrons. The first-order chi connectivity index (χ1) is 7.33.